The van der Waals surface area contributed by atoms with Crippen molar-refractivity contribution in [1.82, 2.24) is 0 Å². The number of furan rings is 1. The van der Waals surface area contributed by atoms with E-state index in [2.05, 4.69) is 334 Å². The highest BCUT2D eigenvalue weighted by atomic mass is 32.1. The maximum absolute atomic E-state index is 7.07. The zero-order valence-electron chi connectivity index (χ0n) is 51.7. The molecule has 2 aromatic heterocycles. The molecular formula is C84H63BN4OS. The monoisotopic (exact) mass is 1190 g/mol. The summed E-state index contributed by atoms with van der Waals surface area (Å²) in [5.74, 6) is 0. The summed E-state index contributed by atoms with van der Waals surface area (Å²) >= 11 is 1.92. The van der Waals surface area contributed by atoms with Crippen LogP contribution >= 0.6 is 11.3 Å². The van der Waals surface area contributed by atoms with E-state index in [1.54, 1.807) is 0 Å². The van der Waals surface area contributed by atoms with Crippen molar-refractivity contribution in [3.8, 4) is 0 Å². The van der Waals surface area contributed by atoms with Gasteiger partial charge in [0.1, 0.15) is 5.58 Å². The van der Waals surface area contributed by atoms with Crippen LogP contribution in [0.2, 0.25) is 0 Å². The van der Waals surface area contributed by atoms with Gasteiger partial charge in [-0.15, -0.1) is 11.3 Å². The molecule has 5 nitrogen and oxygen atoms in total. The van der Waals surface area contributed by atoms with Crippen LogP contribution < -0.4 is 36.0 Å². The van der Waals surface area contributed by atoms with E-state index in [9.17, 15) is 0 Å². The molecule has 7 heteroatoms. The van der Waals surface area contributed by atoms with E-state index < -0.39 is 0 Å². The number of rotatable bonds is 8. The zero-order valence-corrected chi connectivity index (χ0v) is 52.5. The van der Waals surface area contributed by atoms with Gasteiger partial charge < -0.3 is 24.0 Å². The third-order valence-corrected chi connectivity index (χ3v) is 20.7. The summed E-state index contributed by atoms with van der Waals surface area (Å²) in [5, 5.41) is 12.1. The summed E-state index contributed by atoms with van der Waals surface area (Å²) in [6.45, 7) is 13.6. The van der Waals surface area contributed by atoms with Gasteiger partial charge in [0.15, 0.2) is 5.58 Å². The van der Waals surface area contributed by atoms with Crippen LogP contribution in [0, 0.1) is 0 Å². The van der Waals surface area contributed by atoms with E-state index in [-0.39, 0.29) is 17.5 Å². The summed E-state index contributed by atoms with van der Waals surface area (Å²) < 4.78 is 9.60. The fourth-order valence-electron chi connectivity index (χ4n) is 15.2. The lowest BCUT2D eigenvalue weighted by Crippen LogP contribution is -2.61. The van der Waals surface area contributed by atoms with Gasteiger partial charge in [0, 0.05) is 87.5 Å². The van der Waals surface area contributed by atoms with E-state index in [0.717, 1.165) is 90.2 Å². The summed E-state index contributed by atoms with van der Waals surface area (Å²) in [7, 11) is 0. The average Bonchev–Trinajstić information content (AvgIpc) is 1.59. The van der Waals surface area contributed by atoms with Crippen LogP contribution in [0.1, 0.15) is 52.7 Å². The van der Waals surface area contributed by atoms with Gasteiger partial charge in [0.2, 0.25) is 0 Å². The fourth-order valence-corrected chi connectivity index (χ4v) is 16.5. The van der Waals surface area contributed by atoms with Crippen molar-refractivity contribution in [3.05, 3.63) is 284 Å². The molecule has 2 aliphatic rings. The number of nitrogens with zero attached hydrogens (tertiary/aromatic N) is 4. The van der Waals surface area contributed by atoms with E-state index in [1.807, 2.05) is 11.3 Å². The highest BCUT2D eigenvalue weighted by Crippen LogP contribution is 2.54. The Labute approximate surface area is 534 Å². The summed E-state index contributed by atoms with van der Waals surface area (Å²) in [4.78, 5) is 10.1. The normalized spacial score (nSPS) is 13.1. The van der Waals surface area contributed by atoms with E-state index >= 15 is 0 Å². The van der Waals surface area contributed by atoms with Gasteiger partial charge in [-0.1, -0.05) is 211 Å². The summed E-state index contributed by atoms with van der Waals surface area (Å²) in [6.07, 6.45) is 0. The van der Waals surface area contributed by atoms with Crippen molar-refractivity contribution < 1.29 is 4.42 Å². The van der Waals surface area contributed by atoms with Crippen LogP contribution in [0.5, 0.6) is 0 Å². The highest BCUT2D eigenvalue weighted by molar-refractivity contribution is 7.28. The minimum atomic E-state index is -0.186. The number of fused-ring (bicyclic) bond motifs is 11. The number of para-hydroxylation sites is 4. The van der Waals surface area contributed by atoms with Gasteiger partial charge in [0.25, 0.3) is 6.71 Å². The zero-order chi connectivity index (χ0) is 61.0. The topological polar surface area (TPSA) is 26.1 Å². The first-order valence-corrected chi connectivity index (χ1v) is 32.6. The Morgan fingerprint density at radius 3 is 1.59 bits per heavy atom. The Hall–Kier alpha value is -10.6. The van der Waals surface area contributed by atoms with E-state index in [1.165, 1.54) is 80.0 Å². The quantitative estimate of drug-likeness (QED) is 0.112. The maximum Gasteiger partial charge on any atom is 0.254 e. The Morgan fingerprint density at radius 2 is 0.923 bits per heavy atom. The van der Waals surface area contributed by atoms with Crippen LogP contribution in [-0.2, 0) is 10.8 Å². The molecule has 14 aromatic carbocycles. The minimum absolute atomic E-state index is 0.0304. The van der Waals surface area contributed by atoms with Crippen LogP contribution in [0.3, 0.4) is 0 Å². The first-order chi connectivity index (χ1) is 44.4. The Bertz CT molecular complexity index is 5530. The second kappa shape index (κ2) is 20.0. The SMILES string of the molecule is CC(C)(C)c1ccc(N2c3cc(N(c4ccc5ccc6cccc7ccc4c5c67)c4cccc5c4oc4ccccc45)ccc3B3c4c2cccc4N(c2ccc(C(C)(C)C)cc2)c2cc(N(c4ccccc4)c4ccccc4)c4c(sc5ccccc54)c23)cc1. The molecule has 91 heavy (non-hydrogen) atoms. The molecule has 0 aliphatic carbocycles. The number of hydrogen-bond donors (Lipinski definition) is 0. The number of anilines is 12. The lowest BCUT2D eigenvalue weighted by Gasteiger charge is -2.45. The second-order valence-electron chi connectivity index (χ2n) is 26.8. The van der Waals surface area contributed by atoms with Gasteiger partial charge in [0.05, 0.1) is 17.1 Å². The third kappa shape index (κ3) is 8.16. The Balaban J connectivity index is 0.957. The molecule has 434 valence electrons. The lowest BCUT2D eigenvalue weighted by atomic mass is 9.33. The molecule has 0 saturated heterocycles. The minimum Gasteiger partial charge on any atom is -0.454 e. The number of hydrogen-bond acceptors (Lipinski definition) is 6. The van der Waals surface area contributed by atoms with Gasteiger partial charge in [-0.05, 0) is 168 Å². The first kappa shape index (κ1) is 53.4. The molecule has 0 radical (unpaired) electrons. The predicted molar refractivity (Wildman–Crippen MR) is 391 cm³/mol. The van der Waals surface area contributed by atoms with Gasteiger partial charge >= 0.3 is 0 Å². The van der Waals surface area contributed by atoms with E-state index in [0.29, 0.717) is 0 Å². The molecule has 0 fully saturated rings. The van der Waals surface area contributed by atoms with Crippen LogP contribution in [-0.4, -0.2) is 6.71 Å². The molecular weight excluding hydrogens is 1120 g/mol. The van der Waals surface area contributed by atoms with Crippen molar-refractivity contribution in [2.45, 2.75) is 52.4 Å². The molecule has 0 bridgehead atoms. The highest BCUT2D eigenvalue weighted by Gasteiger charge is 2.46. The number of benzene rings is 14. The maximum atomic E-state index is 7.07. The number of thiophene rings is 1. The predicted octanol–water partition coefficient (Wildman–Crippen LogP) is 22.5. The van der Waals surface area contributed by atoms with Crippen molar-refractivity contribution in [1.29, 1.82) is 0 Å². The van der Waals surface area contributed by atoms with Gasteiger partial charge in [-0.25, -0.2) is 0 Å². The molecule has 0 atom stereocenters. The standard InChI is InChI=1S/C84H63BN4OS/c1-83(2,3)55-38-42-59(43-39-55)87-68-29-19-30-69-79(68)85(80-73(88(69)60-44-40-56(41-45-60)84(4,5)6)51-72(78-65-27-14-16-33-75(65)91-82(78)80)86(57-22-9-7-10-23-57)58-24-11-8-12-25-58)66-48-46-61(50-71(66)87)89(70-31-18-28-63-62-26-13-15-32-74(62)90-81(63)70)67-49-37-54-35-34-52-20-17-21-53-36-47-64(67)77(54)76(52)53/h7-51H,1-6H3. The Morgan fingerprint density at radius 1 is 0.363 bits per heavy atom. The molecule has 18 rings (SSSR count). The molecule has 0 spiro atoms. The van der Waals surface area contributed by atoms with Crippen molar-refractivity contribution in [2.24, 2.45) is 0 Å². The Kier molecular flexibility index (Phi) is 11.7. The second-order valence-corrected chi connectivity index (χ2v) is 27.9. The first-order valence-electron chi connectivity index (χ1n) is 31.8. The fraction of sp³-hybridized carbons (Fsp3) is 0.0952. The van der Waals surface area contributed by atoms with Gasteiger partial charge in [-0.3, -0.25) is 0 Å². The summed E-state index contributed by atoms with van der Waals surface area (Å²) in [6, 6.07) is 102. The van der Waals surface area contributed by atoms with Crippen LogP contribution in [0.25, 0.3) is 74.4 Å². The van der Waals surface area contributed by atoms with Crippen molar-refractivity contribution >= 4 is 177 Å². The van der Waals surface area contributed by atoms with E-state index in [4.69, 9.17) is 4.42 Å². The van der Waals surface area contributed by atoms with Crippen LogP contribution in [0.4, 0.5) is 68.2 Å². The van der Waals surface area contributed by atoms with Crippen LogP contribution in [0.15, 0.2) is 277 Å². The lowest BCUT2D eigenvalue weighted by molar-refractivity contribution is 0.590. The molecule has 2 aliphatic heterocycles. The third-order valence-electron chi connectivity index (χ3n) is 19.5. The molecule has 16 aromatic rings. The average molecular weight is 1190 g/mol. The van der Waals surface area contributed by atoms with Crippen molar-refractivity contribution in [2.75, 3.05) is 19.6 Å². The molecule has 0 amide bonds. The van der Waals surface area contributed by atoms with Crippen molar-refractivity contribution in [3.63, 3.8) is 0 Å². The molecule has 4 heterocycles. The largest absolute Gasteiger partial charge is 0.454 e. The summed E-state index contributed by atoms with van der Waals surface area (Å²) in [5.41, 5.74) is 21.3. The van der Waals surface area contributed by atoms with Gasteiger partial charge in [-0.2, -0.15) is 0 Å². The molecule has 0 N–H and O–H groups in total. The molecule has 0 unspecified atom stereocenters. The molecule has 0 saturated carbocycles. The smallest absolute Gasteiger partial charge is 0.254 e.